The van der Waals surface area contributed by atoms with Crippen LogP contribution in [0.25, 0.3) is 0 Å². The quantitative estimate of drug-likeness (QED) is 0.0280. The number of carboxylic acids is 1. The van der Waals surface area contributed by atoms with Crippen LogP contribution in [0.3, 0.4) is 0 Å². The number of carbonyl (C=O) groups is 5. The van der Waals surface area contributed by atoms with E-state index in [2.05, 4.69) is 25.9 Å². The lowest BCUT2D eigenvalue weighted by Gasteiger charge is -2.30. The van der Waals surface area contributed by atoms with E-state index in [-0.39, 0.29) is 50.3 Å². The van der Waals surface area contributed by atoms with Crippen molar-refractivity contribution in [1.82, 2.24) is 20.9 Å². The van der Waals surface area contributed by atoms with Crippen LogP contribution in [0.4, 0.5) is 0 Å². The Morgan fingerprint density at radius 1 is 0.766 bits per heavy atom. The third-order valence-electron chi connectivity index (χ3n) is 7.60. The molecule has 268 valence electrons. The van der Waals surface area contributed by atoms with Gasteiger partial charge in [0.1, 0.15) is 18.1 Å². The predicted molar refractivity (Wildman–Crippen MR) is 177 cm³/mol. The van der Waals surface area contributed by atoms with Gasteiger partial charge in [0.25, 0.3) is 0 Å². The number of nitrogens with two attached hydrogens (primary N) is 7. The van der Waals surface area contributed by atoms with Crippen LogP contribution in [-0.4, -0.2) is 114 Å². The van der Waals surface area contributed by atoms with Crippen LogP contribution in [0.2, 0.25) is 0 Å². The number of carbonyl (C=O) groups excluding carboxylic acids is 4. The number of nitrogens with one attached hydrogen (secondary N) is 3. The van der Waals surface area contributed by atoms with Gasteiger partial charge in [0.05, 0.1) is 12.1 Å². The van der Waals surface area contributed by atoms with Crippen LogP contribution >= 0.6 is 0 Å². The highest BCUT2D eigenvalue weighted by Gasteiger charge is 2.38. The van der Waals surface area contributed by atoms with Gasteiger partial charge in [-0.3, -0.25) is 29.2 Å². The van der Waals surface area contributed by atoms with E-state index >= 15 is 0 Å². The molecule has 0 aromatic heterocycles. The molecule has 1 aliphatic heterocycles. The topological polar surface area (TPSA) is 352 Å². The molecule has 1 aliphatic rings. The zero-order valence-electron chi connectivity index (χ0n) is 27.1. The van der Waals surface area contributed by atoms with E-state index in [0.717, 1.165) is 0 Å². The van der Waals surface area contributed by atoms with E-state index in [9.17, 15) is 29.1 Å². The number of aliphatic imine (C=N–C) groups is 2. The summed E-state index contributed by atoms with van der Waals surface area (Å²) in [5, 5.41) is 17.5. The molecule has 0 radical (unpaired) electrons. The molecule has 19 heteroatoms. The van der Waals surface area contributed by atoms with Crippen LogP contribution in [-0.2, 0) is 24.0 Å². The van der Waals surface area contributed by atoms with Gasteiger partial charge >= 0.3 is 5.97 Å². The molecule has 47 heavy (non-hydrogen) atoms. The number of hydrogen-bond acceptors (Lipinski definition) is 10. The summed E-state index contributed by atoms with van der Waals surface area (Å²) in [4.78, 5) is 72.3. The van der Waals surface area contributed by atoms with E-state index in [1.165, 1.54) is 4.90 Å². The number of nitrogens with zero attached hydrogens (tertiary/aromatic N) is 3. The van der Waals surface area contributed by atoms with Gasteiger partial charge in [0.2, 0.25) is 23.6 Å². The van der Waals surface area contributed by atoms with Gasteiger partial charge in [0.15, 0.2) is 11.9 Å². The second-order valence-electron chi connectivity index (χ2n) is 11.5. The van der Waals surface area contributed by atoms with Crippen LogP contribution in [0.5, 0.6) is 0 Å². The maximum atomic E-state index is 13.5. The number of amides is 4. The van der Waals surface area contributed by atoms with E-state index in [1.807, 2.05) is 0 Å². The Morgan fingerprint density at radius 3 is 1.96 bits per heavy atom. The third kappa shape index (κ3) is 16.2. The normalized spacial score (nSPS) is 16.7. The molecular formula is C28H55N13O6. The number of unbranched alkanes of at least 4 members (excludes halogenated alkanes) is 2. The van der Waals surface area contributed by atoms with Crippen LogP contribution < -0.4 is 56.1 Å². The standard InChI is InChI=1S/C28H55N13O6/c29-12-11-19(25(45)41-16-6-10-21(41)24(44)40-20(26(46)47)9-5-15-38-28(34)35)39-23(43)18(31)8-1-3-13-36-22(42)17(30)7-2-4-14-37-27(32)33/h17-21H,1-16,29-31H2,(H,36,42)(H,39,43)(H,40,44)(H,46,47)(H4,32,33,37)(H4,34,35,38). The van der Waals surface area contributed by atoms with Gasteiger partial charge in [-0.2, -0.15) is 0 Å². The second kappa shape index (κ2) is 22.3. The van der Waals surface area contributed by atoms with Crippen molar-refractivity contribution in [3.63, 3.8) is 0 Å². The summed E-state index contributed by atoms with van der Waals surface area (Å²) in [5.74, 6) is -3.23. The summed E-state index contributed by atoms with van der Waals surface area (Å²) in [6.45, 7) is 1.39. The first-order valence-electron chi connectivity index (χ1n) is 16.0. The Kier molecular flexibility index (Phi) is 19.4. The molecule has 1 heterocycles. The summed E-state index contributed by atoms with van der Waals surface area (Å²) in [6, 6.07) is -4.67. The molecule has 0 spiro atoms. The molecular weight excluding hydrogens is 614 g/mol. The Morgan fingerprint density at radius 2 is 1.36 bits per heavy atom. The molecule has 5 atom stereocenters. The molecule has 5 unspecified atom stereocenters. The molecule has 4 amide bonds. The average Bonchev–Trinajstić information content (AvgIpc) is 3.51. The van der Waals surface area contributed by atoms with Gasteiger partial charge in [0, 0.05) is 26.2 Å². The Labute approximate surface area is 275 Å². The van der Waals surface area contributed by atoms with E-state index < -0.39 is 53.9 Å². The zero-order chi connectivity index (χ0) is 35.4. The fraction of sp³-hybridized carbons (Fsp3) is 0.750. The van der Waals surface area contributed by atoms with Crippen LogP contribution in [0.1, 0.15) is 70.6 Å². The molecule has 1 rings (SSSR count). The van der Waals surface area contributed by atoms with Gasteiger partial charge < -0.3 is 66.1 Å². The van der Waals surface area contributed by atoms with Crippen molar-refractivity contribution < 1.29 is 29.1 Å². The highest BCUT2D eigenvalue weighted by atomic mass is 16.4. The summed E-state index contributed by atoms with van der Waals surface area (Å²) >= 11 is 0. The molecule has 0 aromatic carbocycles. The fourth-order valence-corrected chi connectivity index (χ4v) is 5.01. The number of likely N-dealkylation sites (tertiary alicyclic amines) is 1. The number of rotatable bonds is 23. The number of aliphatic carboxylic acids is 1. The summed E-state index contributed by atoms with van der Waals surface area (Å²) < 4.78 is 0. The maximum Gasteiger partial charge on any atom is 0.326 e. The summed E-state index contributed by atoms with van der Waals surface area (Å²) in [6.07, 6.45) is 4.68. The lowest BCUT2D eigenvalue weighted by Crippen LogP contribution is -2.57. The van der Waals surface area contributed by atoms with Crippen molar-refractivity contribution in [2.45, 2.75) is 101 Å². The first kappa shape index (κ1) is 40.8. The van der Waals surface area contributed by atoms with E-state index in [0.29, 0.717) is 70.9 Å². The van der Waals surface area contributed by atoms with Gasteiger partial charge in [-0.1, -0.05) is 0 Å². The van der Waals surface area contributed by atoms with Crippen molar-refractivity contribution in [3.05, 3.63) is 0 Å². The van der Waals surface area contributed by atoms with Crippen molar-refractivity contribution >= 4 is 41.5 Å². The van der Waals surface area contributed by atoms with Crippen LogP contribution in [0, 0.1) is 0 Å². The van der Waals surface area contributed by atoms with Gasteiger partial charge in [-0.15, -0.1) is 0 Å². The van der Waals surface area contributed by atoms with Crippen molar-refractivity contribution in [2.75, 3.05) is 32.7 Å². The molecule has 19 nitrogen and oxygen atoms in total. The minimum Gasteiger partial charge on any atom is -0.480 e. The molecule has 1 saturated heterocycles. The van der Waals surface area contributed by atoms with E-state index in [4.69, 9.17) is 40.1 Å². The third-order valence-corrected chi connectivity index (χ3v) is 7.60. The Balaban J connectivity index is 2.56. The highest BCUT2D eigenvalue weighted by molar-refractivity contribution is 5.94. The molecule has 0 aliphatic carbocycles. The summed E-state index contributed by atoms with van der Waals surface area (Å²) in [7, 11) is 0. The first-order chi connectivity index (χ1) is 22.3. The Hall–Kier alpha value is -4.23. The lowest BCUT2D eigenvalue weighted by atomic mass is 10.1. The fourth-order valence-electron chi connectivity index (χ4n) is 5.01. The Bertz CT molecular complexity index is 1080. The lowest BCUT2D eigenvalue weighted by molar-refractivity contribution is -0.145. The summed E-state index contributed by atoms with van der Waals surface area (Å²) in [5.41, 5.74) is 38.8. The van der Waals surface area contributed by atoms with Crippen LogP contribution in [0.15, 0.2) is 9.98 Å². The molecule has 0 saturated carbocycles. The van der Waals surface area contributed by atoms with E-state index in [1.54, 1.807) is 0 Å². The smallest absolute Gasteiger partial charge is 0.326 e. The molecule has 0 bridgehead atoms. The monoisotopic (exact) mass is 669 g/mol. The average molecular weight is 670 g/mol. The SMILES string of the molecule is NCCC(NC(=O)C(N)CCCCNC(=O)C(N)CCCCN=C(N)N)C(=O)N1CCCC1C(=O)NC(CCCN=C(N)N)C(=O)O. The first-order valence-corrected chi connectivity index (χ1v) is 16.0. The minimum absolute atomic E-state index is 0.0220. The second-order valence-corrected chi connectivity index (χ2v) is 11.5. The number of hydrogen-bond donors (Lipinski definition) is 11. The zero-order valence-corrected chi connectivity index (χ0v) is 27.1. The minimum atomic E-state index is -1.22. The highest BCUT2D eigenvalue weighted by Crippen LogP contribution is 2.20. The number of guanidine groups is 2. The van der Waals surface area contributed by atoms with Gasteiger partial charge in [-0.05, 0) is 77.2 Å². The largest absolute Gasteiger partial charge is 0.480 e. The maximum absolute atomic E-state index is 13.5. The predicted octanol–water partition coefficient (Wildman–Crippen LogP) is -4.18. The molecule has 18 N–H and O–H groups in total. The van der Waals surface area contributed by atoms with Crippen molar-refractivity contribution in [2.24, 2.45) is 50.1 Å². The van der Waals surface area contributed by atoms with Crippen molar-refractivity contribution in [3.8, 4) is 0 Å². The number of carboxylic acid groups (broad SMARTS) is 1. The molecule has 1 fully saturated rings. The van der Waals surface area contributed by atoms with Gasteiger partial charge in [-0.25, -0.2) is 4.79 Å². The van der Waals surface area contributed by atoms with Crippen molar-refractivity contribution in [1.29, 1.82) is 0 Å². The molecule has 0 aromatic rings.